The van der Waals surface area contributed by atoms with Gasteiger partial charge < -0.3 is 10.6 Å². The molecule has 1 heterocycles. The van der Waals surface area contributed by atoms with Gasteiger partial charge in [0, 0.05) is 51.4 Å². The summed E-state index contributed by atoms with van der Waals surface area (Å²) >= 11 is 0. The van der Waals surface area contributed by atoms with Crippen LogP contribution in [0.4, 0.5) is 0 Å². The van der Waals surface area contributed by atoms with E-state index in [9.17, 15) is 0 Å². The van der Waals surface area contributed by atoms with E-state index in [-0.39, 0.29) is 6.04 Å². The van der Waals surface area contributed by atoms with Crippen molar-refractivity contribution in [1.82, 2.24) is 14.7 Å². The van der Waals surface area contributed by atoms with Crippen LogP contribution in [0.1, 0.15) is 18.5 Å². The second-order valence-electron chi connectivity index (χ2n) is 6.40. The van der Waals surface area contributed by atoms with Crippen molar-refractivity contribution in [2.24, 2.45) is 5.73 Å². The van der Waals surface area contributed by atoms with Crippen LogP contribution in [0.3, 0.4) is 0 Å². The topological polar surface area (TPSA) is 35.7 Å². The quantitative estimate of drug-likeness (QED) is 0.855. The number of hydrogen-bond donors (Lipinski definition) is 1. The average molecular weight is 290 g/mol. The Bertz CT molecular complexity index is 397. The van der Waals surface area contributed by atoms with Gasteiger partial charge in [0.25, 0.3) is 0 Å². The van der Waals surface area contributed by atoms with Crippen molar-refractivity contribution >= 4 is 0 Å². The van der Waals surface area contributed by atoms with Crippen LogP contribution in [0.2, 0.25) is 0 Å². The van der Waals surface area contributed by atoms with E-state index in [1.165, 1.54) is 5.56 Å². The Hall–Kier alpha value is -0.940. The standard InChI is InChI=1S/C17H30N4/c1-15(18)17(16-7-5-4-6-8-16)21-13-11-20(12-14-21)10-9-19(2)3/h4-8,15,17H,9-14,18H2,1-3H3. The van der Waals surface area contributed by atoms with Gasteiger partial charge in [-0.15, -0.1) is 0 Å². The van der Waals surface area contributed by atoms with Gasteiger partial charge in [0.2, 0.25) is 0 Å². The van der Waals surface area contributed by atoms with Gasteiger partial charge in [0.05, 0.1) is 0 Å². The molecule has 0 amide bonds. The van der Waals surface area contributed by atoms with Crippen molar-refractivity contribution in [2.45, 2.75) is 19.0 Å². The molecule has 4 heteroatoms. The predicted octanol–water partition coefficient (Wildman–Crippen LogP) is 1.25. The number of benzene rings is 1. The third kappa shape index (κ3) is 4.78. The maximum absolute atomic E-state index is 6.27. The zero-order valence-corrected chi connectivity index (χ0v) is 13.7. The Morgan fingerprint density at radius 2 is 1.71 bits per heavy atom. The molecule has 0 spiro atoms. The molecule has 1 fully saturated rings. The number of rotatable bonds is 6. The summed E-state index contributed by atoms with van der Waals surface area (Å²) in [6.07, 6.45) is 0. The molecule has 118 valence electrons. The number of hydrogen-bond acceptors (Lipinski definition) is 4. The second-order valence-corrected chi connectivity index (χ2v) is 6.40. The highest BCUT2D eigenvalue weighted by Gasteiger charge is 2.27. The van der Waals surface area contributed by atoms with Gasteiger partial charge >= 0.3 is 0 Å². The molecular formula is C17H30N4. The van der Waals surface area contributed by atoms with Crippen LogP contribution in [-0.2, 0) is 0 Å². The lowest BCUT2D eigenvalue weighted by atomic mass is 9.98. The first kappa shape index (κ1) is 16.4. The predicted molar refractivity (Wildman–Crippen MR) is 89.4 cm³/mol. The summed E-state index contributed by atoms with van der Waals surface area (Å²) in [5, 5.41) is 0. The Morgan fingerprint density at radius 3 is 2.24 bits per heavy atom. The molecule has 0 bridgehead atoms. The minimum Gasteiger partial charge on any atom is -0.326 e. The molecular weight excluding hydrogens is 260 g/mol. The van der Waals surface area contributed by atoms with Crippen molar-refractivity contribution in [3.8, 4) is 0 Å². The van der Waals surface area contributed by atoms with Crippen LogP contribution in [0.25, 0.3) is 0 Å². The molecule has 0 radical (unpaired) electrons. The van der Waals surface area contributed by atoms with E-state index >= 15 is 0 Å². The van der Waals surface area contributed by atoms with E-state index in [1.54, 1.807) is 0 Å². The maximum Gasteiger partial charge on any atom is 0.0497 e. The largest absolute Gasteiger partial charge is 0.326 e. The molecule has 2 unspecified atom stereocenters. The van der Waals surface area contributed by atoms with Crippen LogP contribution in [0.15, 0.2) is 30.3 Å². The molecule has 0 aromatic heterocycles. The zero-order chi connectivity index (χ0) is 15.2. The third-order valence-corrected chi connectivity index (χ3v) is 4.30. The lowest BCUT2D eigenvalue weighted by Crippen LogP contribution is -2.51. The van der Waals surface area contributed by atoms with Crippen molar-refractivity contribution in [3.05, 3.63) is 35.9 Å². The van der Waals surface area contributed by atoms with E-state index < -0.39 is 0 Å². The fourth-order valence-corrected chi connectivity index (χ4v) is 3.10. The number of piperazine rings is 1. The van der Waals surface area contributed by atoms with Crippen LogP contribution >= 0.6 is 0 Å². The summed E-state index contributed by atoms with van der Waals surface area (Å²) in [6, 6.07) is 11.2. The number of nitrogens with zero attached hydrogens (tertiary/aromatic N) is 3. The molecule has 1 saturated heterocycles. The maximum atomic E-state index is 6.27. The monoisotopic (exact) mass is 290 g/mol. The van der Waals surface area contributed by atoms with Crippen molar-refractivity contribution in [3.63, 3.8) is 0 Å². The van der Waals surface area contributed by atoms with Crippen molar-refractivity contribution in [2.75, 3.05) is 53.4 Å². The fraction of sp³-hybridized carbons (Fsp3) is 0.647. The van der Waals surface area contributed by atoms with Gasteiger partial charge in [-0.2, -0.15) is 0 Å². The Kier molecular flexibility index (Phi) is 6.18. The highest BCUT2D eigenvalue weighted by Crippen LogP contribution is 2.24. The first-order valence-corrected chi connectivity index (χ1v) is 7.99. The lowest BCUT2D eigenvalue weighted by molar-refractivity contribution is 0.0830. The SMILES string of the molecule is CC(N)C(c1ccccc1)N1CCN(CCN(C)C)CC1. The normalized spacial score (nSPS) is 20.6. The van der Waals surface area contributed by atoms with E-state index in [0.717, 1.165) is 39.3 Å². The number of likely N-dealkylation sites (N-methyl/N-ethyl adjacent to an activating group) is 1. The van der Waals surface area contributed by atoms with E-state index in [4.69, 9.17) is 5.73 Å². The molecule has 2 atom stereocenters. The molecule has 1 aliphatic heterocycles. The first-order chi connectivity index (χ1) is 10.1. The molecule has 2 rings (SSSR count). The van der Waals surface area contributed by atoms with Gasteiger partial charge in [0.15, 0.2) is 0 Å². The lowest BCUT2D eigenvalue weighted by Gasteiger charge is -2.41. The minimum atomic E-state index is 0.153. The Labute approximate surface area is 129 Å². The van der Waals surface area contributed by atoms with Crippen LogP contribution in [0, 0.1) is 0 Å². The third-order valence-electron chi connectivity index (χ3n) is 4.30. The van der Waals surface area contributed by atoms with Crippen LogP contribution in [0.5, 0.6) is 0 Å². The zero-order valence-electron chi connectivity index (χ0n) is 13.7. The molecule has 1 aromatic carbocycles. The van der Waals surface area contributed by atoms with Gasteiger partial charge in [-0.25, -0.2) is 0 Å². The highest BCUT2D eigenvalue weighted by atomic mass is 15.3. The van der Waals surface area contributed by atoms with Gasteiger partial charge in [0.1, 0.15) is 0 Å². The summed E-state index contributed by atoms with van der Waals surface area (Å²) in [4.78, 5) is 7.35. The molecule has 21 heavy (non-hydrogen) atoms. The van der Waals surface area contributed by atoms with Crippen LogP contribution < -0.4 is 5.73 Å². The van der Waals surface area contributed by atoms with Gasteiger partial charge in [-0.1, -0.05) is 30.3 Å². The van der Waals surface area contributed by atoms with E-state index in [0.29, 0.717) is 6.04 Å². The number of nitrogens with two attached hydrogens (primary N) is 1. The highest BCUT2D eigenvalue weighted by molar-refractivity contribution is 5.20. The summed E-state index contributed by atoms with van der Waals surface area (Å²) in [6.45, 7) is 8.91. The molecule has 4 nitrogen and oxygen atoms in total. The minimum absolute atomic E-state index is 0.153. The van der Waals surface area contributed by atoms with Gasteiger partial charge in [-0.3, -0.25) is 9.80 Å². The van der Waals surface area contributed by atoms with Crippen molar-refractivity contribution < 1.29 is 0 Å². The summed E-state index contributed by atoms with van der Waals surface area (Å²) in [5.41, 5.74) is 7.61. The van der Waals surface area contributed by atoms with E-state index in [1.807, 2.05) is 0 Å². The molecule has 1 aliphatic rings. The summed E-state index contributed by atoms with van der Waals surface area (Å²) < 4.78 is 0. The summed E-state index contributed by atoms with van der Waals surface area (Å²) in [5.74, 6) is 0. The Morgan fingerprint density at radius 1 is 1.10 bits per heavy atom. The van der Waals surface area contributed by atoms with E-state index in [2.05, 4.69) is 66.1 Å². The van der Waals surface area contributed by atoms with Crippen molar-refractivity contribution in [1.29, 1.82) is 0 Å². The fourth-order valence-electron chi connectivity index (χ4n) is 3.10. The van der Waals surface area contributed by atoms with Crippen LogP contribution in [-0.4, -0.2) is 74.1 Å². The molecule has 0 aliphatic carbocycles. The Balaban J connectivity index is 1.92. The molecule has 1 aromatic rings. The first-order valence-electron chi connectivity index (χ1n) is 7.99. The smallest absolute Gasteiger partial charge is 0.0497 e. The molecule has 2 N–H and O–H groups in total. The molecule has 0 saturated carbocycles. The van der Waals surface area contributed by atoms with Gasteiger partial charge in [-0.05, 0) is 26.6 Å². The average Bonchev–Trinajstić information content (AvgIpc) is 2.47. The summed E-state index contributed by atoms with van der Waals surface area (Å²) in [7, 11) is 4.27. The second kappa shape index (κ2) is 7.90.